The largest absolute Gasteiger partial charge is 0.497 e. The predicted molar refractivity (Wildman–Crippen MR) is 187 cm³/mol. The Labute approximate surface area is 292 Å². The van der Waals surface area contributed by atoms with E-state index in [4.69, 9.17) is 19.2 Å². The molecule has 2 saturated carbocycles. The number of hydrogen-bond donors (Lipinski definition) is 2. The highest BCUT2D eigenvalue weighted by molar-refractivity contribution is 5.98. The molecule has 3 aromatic rings. The van der Waals surface area contributed by atoms with Crippen LogP contribution in [0.2, 0.25) is 0 Å². The van der Waals surface area contributed by atoms with Gasteiger partial charge in [0, 0.05) is 35.5 Å². The topological polar surface area (TPSA) is 144 Å². The molecule has 0 saturated heterocycles. The minimum absolute atomic E-state index is 0.139. The molecule has 2 N–H and O–H groups in total. The molecule has 2 heterocycles. The van der Waals surface area contributed by atoms with Gasteiger partial charge in [-0.05, 0) is 71.4 Å². The average Bonchev–Trinajstić information content (AvgIpc) is 3.61. The lowest BCUT2D eigenvalue weighted by Crippen LogP contribution is -2.50. The van der Waals surface area contributed by atoms with Gasteiger partial charge in [0.1, 0.15) is 28.7 Å². The summed E-state index contributed by atoms with van der Waals surface area (Å²) in [6.45, 7) is 5.36. The number of carboxylic acid groups (broad SMARTS) is 1. The normalized spacial score (nSPS) is 26.4. The van der Waals surface area contributed by atoms with Crippen LogP contribution in [-0.4, -0.2) is 69.8 Å². The molecule has 0 spiro atoms. The number of nitrogens with one attached hydrogen (secondary N) is 1. The van der Waals surface area contributed by atoms with Crippen molar-refractivity contribution < 1.29 is 38.5 Å². The van der Waals surface area contributed by atoms with Crippen molar-refractivity contribution in [1.29, 1.82) is 0 Å². The molecule has 11 nitrogen and oxygen atoms in total. The summed E-state index contributed by atoms with van der Waals surface area (Å²) in [5.74, 6) is -3.25. The van der Waals surface area contributed by atoms with Crippen molar-refractivity contribution in [2.75, 3.05) is 13.7 Å². The first kappa shape index (κ1) is 34.9. The lowest BCUT2D eigenvalue weighted by Gasteiger charge is -2.29. The van der Waals surface area contributed by atoms with Gasteiger partial charge in [-0.3, -0.25) is 9.59 Å². The van der Waals surface area contributed by atoms with E-state index in [1.165, 1.54) is 0 Å². The minimum atomic E-state index is -1.43. The van der Waals surface area contributed by atoms with Gasteiger partial charge in [-0.2, -0.15) is 0 Å². The average molecular weight is 684 g/mol. The smallest absolute Gasteiger partial charge is 0.417 e. The molecule has 2 fully saturated rings. The van der Waals surface area contributed by atoms with E-state index in [0.717, 1.165) is 35.1 Å². The van der Waals surface area contributed by atoms with Crippen molar-refractivity contribution in [1.82, 2.24) is 15.2 Å². The second-order valence-electron chi connectivity index (χ2n) is 14.5. The first-order chi connectivity index (χ1) is 23.9. The van der Waals surface area contributed by atoms with Gasteiger partial charge in [-0.15, -0.1) is 0 Å². The lowest BCUT2D eigenvalue weighted by molar-refractivity contribution is -0.145. The van der Waals surface area contributed by atoms with E-state index in [1.807, 2.05) is 66.7 Å². The van der Waals surface area contributed by atoms with Gasteiger partial charge in [-0.1, -0.05) is 48.9 Å². The number of carbonyl (C=O) groups excluding carboxylic acids is 3. The van der Waals surface area contributed by atoms with Gasteiger partial charge in [0.15, 0.2) is 0 Å². The molecule has 11 heteroatoms. The number of nitrogens with zero attached hydrogens (tertiary/aromatic N) is 2. The summed E-state index contributed by atoms with van der Waals surface area (Å²) < 4.78 is 17.8. The van der Waals surface area contributed by atoms with Crippen molar-refractivity contribution in [3.05, 3.63) is 66.7 Å². The maximum Gasteiger partial charge on any atom is 0.417 e. The molecule has 264 valence electrons. The van der Waals surface area contributed by atoms with Gasteiger partial charge < -0.3 is 24.6 Å². The third kappa shape index (κ3) is 7.46. The summed E-state index contributed by atoms with van der Waals surface area (Å²) in [6.07, 6.45) is 5.88. The number of fused-ring (bicyclic) bond motifs is 3. The number of methoxy groups -OCH3 is 1. The van der Waals surface area contributed by atoms with Crippen molar-refractivity contribution >= 4 is 34.8 Å². The van der Waals surface area contributed by atoms with Crippen molar-refractivity contribution in [2.45, 2.75) is 83.0 Å². The zero-order valence-electron chi connectivity index (χ0n) is 29.0. The molecule has 2 aromatic carbocycles. The maximum atomic E-state index is 14.4. The van der Waals surface area contributed by atoms with Crippen LogP contribution in [0.15, 0.2) is 66.7 Å². The van der Waals surface area contributed by atoms with Crippen LogP contribution in [-0.2, 0) is 19.1 Å². The van der Waals surface area contributed by atoms with E-state index in [1.54, 1.807) is 27.9 Å². The fourth-order valence-electron chi connectivity index (χ4n) is 7.04. The SMILES string of the molecule is COc1ccc2c(O[C@@H]3C[C@H]4C(=O)N[C@]5(C(=O)O)C[C@H]5/C=C\CCCCCN(C(=O)OC(C)(C)C)C(=O)[C@@H]4C3)cc(-c3ccccc3)nc2c1. The number of pyridine rings is 1. The Balaban J connectivity index is 1.36. The van der Waals surface area contributed by atoms with Crippen LogP contribution in [0.1, 0.15) is 65.7 Å². The summed E-state index contributed by atoms with van der Waals surface area (Å²) in [5.41, 5.74) is -0.0691. The van der Waals surface area contributed by atoms with Crippen LogP contribution < -0.4 is 14.8 Å². The monoisotopic (exact) mass is 683 g/mol. The number of aromatic nitrogens is 1. The first-order valence-corrected chi connectivity index (χ1v) is 17.4. The highest BCUT2D eigenvalue weighted by Gasteiger charge is 2.61. The Bertz CT molecular complexity index is 1800. The quantitative estimate of drug-likeness (QED) is 0.287. The van der Waals surface area contributed by atoms with Crippen LogP contribution in [0.5, 0.6) is 11.5 Å². The Morgan fingerprint density at radius 2 is 1.76 bits per heavy atom. The standard InChI is InChI=1S/C39H45N3O8/c1-38(2,3)50-37(47)42-18-12-7-5-6-11-15-25-23-39(25,36(45)46)41-34(43)29-19-27(20-30(29)35(42)44)49-33-22-31(24-13-9-8-10-14-24)40-32-21-26(48-4)16-17-28(32)33/h8-11,13-17,21-22,25,27,29-30H,5-7,12,18-20,23H2,1-4H3,(H,41,43)(H,45,46)/b15-11-/t25-,27-,29-,30-,39-/m1/s1. The van der Waals surface area contributed by atoms with E-state index in [-0.39, 0.29) is 31.7 Å². The van der Waals surface area contributed by atoms with Gasteiger partial charge in [0.05, 0.1) is 30.2 Å². The summed E-state index contributed by atoms with van der Waals surface area (Å²) in [4.78, 5) is 60.4. The summed E-state index contributed by atoms with van der Waals surface area (Å²) in [7, 11) is 1.59. The molecule has 1 aromatic heterocycles. The zero-order chi connectivity index (χ0) is 35.6. The van der Waals surface area contributed by atoms with E-state index in [9.17, 15) is 24.3 Å². The van der Waals surface area contributed by atoms with E-state index < -0.39 is 53.0 Å². The van der Waals surface area contributed by atoms with E-state index in [0.29, 0.717) is 29.1 Å². The Morgan fingerprint density at radius 3 is 2.48 bits per heavy atom. The van der Waals surface area contributed by atoms with Gasteiger partial charge in [-0.25, -0.2) is 19.5 Å². The summed E-state index contributed by atoms with van der Waals surface area (Å²) >= 11 is 0. The summed E-state index contributed by atoms with van der Waals surface area (Å²) in [6, 6.07) is 17.0. The number of ether oxygens (including phenoxy) is 3. The number of hydrogen-bond acceptors (Lipinski definition) is 8. The second kappa shape index (κ2) is 14.1. The molecule has 0 bridgehead atoms. The van der Waals surface area contributed by atoms with Crippen molar-refractivity contribution in [3.8, 4) is 22.8 Å². The Morgan fingerprint density at radius 1 is 1.00 bits per heavy atom. The fourth-order valence-corrected chi connectivity index (χ4v) is 7.04. The molecule has 50 heavy (non-hydrogen) atoms. The number of amides is 3. The lowest BCUT2D eigenvalue weighted by atomic mass is 9.93. The second-order valence-corrected chi connectivity index (χ2v) is 14.5. The van der Waals surface area contributed by atoms with Crippen LogP contribution in [0.4, 0.5) is 4.79 Å². The number of rotatable bonds is 5. The highest BCUT2D eigenvalue weighted by atomic mass is 16.6. The number of allylic oxidation sites excluding steroid dienone is 1. The zero-order valence-corrected chi connectivity index (χ0v) is 29.0. The molecule has 3 amide bonds. The number of aliphatic carboxylic acids is 1. The molecule has 0 unspecified atom stereocenters. The van der Waals surface area contributed by atoms with Gasteiger partial charge >= 0.3 is 12.1 Å². The molecular formula is C39H45N3O8. The van der Waals surface area contributed by atoms with E-state index >= 15 is 0 Å². The number of carbonyl (C=O) groups is 4. The Kier molecular flexibility index (Phi) is 9.87. The highest BCUT2D eigenvalue weighted by Crippen LogP contribution is 2.47. The Hall–Kier alpha value is -4.93. The number of imide groups is 1. The minimum Gasteiger partial charge on any atom is -0.497 e. The van der Waals surface area contributed by atoms with Crippen LogP contribution in [0, 0.1) is 17.8 Å². The third-order valence-corrected chi connectivity index (χ3v) is 9.76. The number of carboxylic acids is 1. The molecule has 5 atom stereocenters. The molecule has 6 rings (SSSR count). The van der Waals surface area contributed by atoms with Gasteiger partial charge in [0.25, 0.3) is 0 Å². The maximum absolute atomic E-state index is 14.4. The van der Waals surface area contributed by atoms with Crippen LogP contribution in [0.25, 0.3) is 22.2 Å². The molecule has 1 aliphatic heterocycles. The summed E-state index contributed by atoms with van der Waals surface area (Å²) in [5, 5.41) is 13.7. The fraction of sp³-hybridized carbons (Fsp3) is 0.462. The molecule has 3 aliphatic rings. The van der Waals surface area contributed by atoms with E-state index in [2.05, 4.69) is 5.32 Å². The van der Waals surface area contributed by atoms with Gasteiger partial charge in [0.2, 0.25) is 11.8 Å². The number of benzene rings is 2. The first-order valence-electron chi connectivity index (χ1n) is 17.4. The van der Waals surface area contributed by atoms with Crippen molar-refractivity contribution in [2.24, 2.45) is 17.8 Å². The van der Waals surface area contributed by atoms with Crippen molar-refractivity contribution in [3.63, 3.8) is 0 Å². The molecule has 0 radical (unpaired) electrons. The van der Waals surface area contributed by atoms with Crippen LogP contribution >= 0.6 is 0 Å². The third-order valence-electron chi connectivity index (χ3n) is 9.76. The van der Waals surface area contributed by atoms with Crippen LogP contribution in [0.3, 0.4) is 0 Å². The molecular weight excluding hydrogens is 638 g/mol. The molecule has 2 aliphatic carbocycles. The predicted octanol–water partition coefficient (Wildman–Crippen LogP) is 6.54.